The lowest BCUT2D eigenvalue weighted by Crippen LogP contribution is -2.43. The van der Waals surface area contributed by atoms with Gasteiger partial charge in [0.05, 0.1) is 45.9 Å². The number of amides is 2. The third-order valence-corrected chi connectivity index (χ3v) is 8.50. The van der Waals surface area contributed by atoms with E-state index in [1.54, 1.807) is 24.3 Å². The van der Waals surface area contributed by atoms with Gasteiger partial charge in [-0.05, 0) is 43.4 Å². The molecule has 182 valence electrons. The molecule has 36 heavy (non-hydrogen) atoms. The van der Waals surface area contributed by atoms with Crippen LogP contribution in [0.25, 0.3) is 10.8 Å². The highest BCUT2D eigenvalue weighted by molar-refractivity contribution is 6.34. The second-order valence-corrected chi connectivity index (χ2v) is 10.8. The molecule has 2 bridgehead atoms. The van der Waals surface area contributed by atoms with E-state index in [0.717, 1.165) is 5.39 Å². The largest absolute Gasteiger partial charge is 0.492 e. The summed E-state index contributed by atoms with van der Waals surface area (Å²) in [6.07, 6.45) is 1.73. The number of nitriles is 1. The van der Waals surface area contributed by atoms with Crippen LogP contribution in [0.3, 0.4) is 0 Å². The number of rotatable bonds is 5. The zero-order valence-corrected chi connectivity index (χ0v) is 21.0. The zero-order chi connectivity index (χ0) is 25.2. The van der Waals surface area contributed by atoms with E-state index in [4.69, 9.17) is 32.7 Å². The average molecular weight is 521 g/mol. The van der Waals surface area contributed by atoms with E-state index in [2.05, 4.69) is 6.07 Å². The highest BCUT2D eigenvalue weighted by Crippen LogP contribution is 2.62. The van der Waals surface area contributed by atoms with Gasteiger partial charge in [0.2, 0.25) is 11.8 Å². The number of hydrogen-bond acceptors (Lipinski definition) is 5. The monoisotopic (exact) mass is 520 g/mol. The van der Waals surface area contributed by atoms with E-state index >= 15 is 0 Å². The van der Waals surface area contributed by atoms with Gasteiger partial charge < -0.3 is 9.47 Å². The van der Waals surface area contributed by atoms with Crippen LogP contribution >= 0.6 is 23.2 Å². The summed E-state index contributed by atoms with van der Waals surface area (Å²) in [5.41, 5.74) is -0.916. The quantitative estimate of drug-likeness (QED) is 0.390. The Bertz CT molecular complexity index is 1480. The van der Waals surface area contributed by atoms with Gasteiger partial charge in [-0.25, -0.2) is 4.90 Å². The van der Waals surface area contributed by atoms with E-state index in [1.165, 1.54) is 4.90 Å². The van der Waals surface area contributed by atoms with Crippen LogP contribution in [0.2, 0.25) is 10.0 Å². The highest BCUT2D eigenvalue weighted by atomic mass is 35.5. The topological polar surface area (TPSA) is 79.6 Å². The third kappa shape index (κ3) is 3.27. The first-order chi connectivity index (χ1) is 17.3. The number of anilines is 1. The van der Waals surface area contributed by atoms with Crippen molar-refractivity contribution < 1.29 is 19.1 Å². The van der Waals surface area contributed by atoms with E-state index in [0.29, 0.717) is 51.7 Å². The standard InChI is InChI=1S/C28H22Cl2N2O4/c1-27-10-11-28(36-27,12-13-35-22-14-17(29)7-8-20(22)30)24-23(27)25(33)32(26(24)34)21-9-6-16-4-2-3-5-18(16)19(21)15-31/h2-9,14,23-24H,10-13H2,1H3. The molecular weight excluding hydrogens is 499 g/mol. The number of imide groups is 1. The Morgan fingerprint density at radius 3 is 2.67 bits per heavy atom. The summed E-state index contributed by atoms with van der Waals surface area (Å²) in [5.74, 6) is -1.41. The Morgan fingerprint density at radius 2 is 1.86 bits per heavy atom. The molecule has 0 radical (unpaired) electrons. The minimum atomic E-state index is -0.824. The molecule has 3 saturated heterocycles. The molecule has 3 aliphatic rings. The molecule has 4 unspecified atom stereocenters. The molecule has 0 N–H and O–H groups in total. The first-order valence-corrected chi connectivity index (χ1v) is 12.6. The lowest BCUT2D eigenvalue weighted by Gasteiger charge is -2.31. The molecule has 0 saturated carbocycles. The van der Waals surface area contributed by atoms with Crippen molar-refractivity contribution in [2.24, 2.45) is 11.8 Å². The smallest absolute Gasteiger partial charge is 0.240 e. The van der Waals surface area contributed by atoms with Gasteiger partial charge in [0.25, 0.3) is 0 Å². The summed E-state index contributed by atoms with van der Waals surface area (Å²) in [4.78, 5) is 28.9. The summed E-state index contributed by atoms with van der Waals surface area (Å²) in [6.45, 7) is 2.16. The number of carbonyl (C=O) groups excluding carboxylic acids is 2. The van der Waals surface area contributed by atoms with Crippen LogP contribution in [0.15, 0.2) is 54.6 Å². The van der Waals surface area contributed by atoms with E-state index in [-0.39, 0.29) is 18.4 Å². The minimum Gasteiger partial charge on any atom is -0.492 e. The van der Waals surface area contributed by atoms with E-state index in [9.17, 15) is 14.9 Å². The lowest BCUT2D eigenvalue weighted by atomic mass is 9.67. The Morgan fingerprint density at radius 1 is 1.08 bits per heavy atom. The Labute approximate surface area is 218 Å². The van der Waals surface area contributed by atoms with Gasteiger partial charge >= 0.3 is 0 Å². The molecule has 3 heterocycles. The summed E-state index contributed by atoms with van der Waals surface area (Å²) in [5, 5.41) is 12.5. The molecule has 0 spiro atoms. The molecule has 3 aliphatic heterocycles. The van der Waals surface area contributed by atoms with Crippen molar-refractivity contribution in [2.75, 3.05) is 11.5 Å². The van der Waals surface area contributed by atoms with Crippen molar-refractivity contribution in [1.29, 1.82) is 5.26 Å². The maximum Gasteiger partial charge on any atom is 0.240 e. The van der Waals surface area contributed by atoms with E-state index in [1.807, 2.05) is 37.3 Å². The second-order valence-electron chi connectivity index (χ2n) is 9.91. The second kappa shape index (κ2) is 8.21. The van der Waals surface area contributed by atoms with Crippen LogP contribution in [0, 0.1) is 23.2 Å². The van der Waals surface area contributed by atoms with Gasteiger partial charge in [-0.15, -0.1) is 0 Å². The predicted octanol–water partition coefficient (Wildman–Crippen LogP) is 5.91. The number of halogens is 2. The fourth-order valence-corrected chi connectivity index (χ4v) is 6.67. The zero-order valence-electron chi connectivity index (χ0n) is 19.5. The van der Waals surface area contributed by atoms with Crippen LogP contribution < -0.4 is 9.64 Å². The molecule has 3 fully saturated rings. The number of fused-ring (bicyclic) bond motifs is 6. The molecule has 4 atom stereocenters. The molecule has 8 heteroatoms. The maximum absolute atomic E-state index is 13.9. The number of benzene rings is 3. The molecule has 6 rings (SSSR count). The first kappa shape index (κ1) is 23.3. The maximum atomic E-state index is 13.9. The van der Waals surface area contributed by atoms with Crippen LogP contribution in [0.1, 0.15) is 31.7 Å². The van der Waals surface area contributed by atoms with Gasteiger partial charge in [-0.3, -0.25) is 9.59 Å². The molecule has 0 aromatic heterocycles. The van der Waals surface area contributed by atoms with Crippen molar-refractivity contribution >= 4 is 51.5 Å². The number of hydrogen-bond donors (Lipinski definition) is 0. The van der Waals surface area contributed by atoms with Crippen LogP contribution in [-0.2, 0) is 14.3 Å². The van der Waals surface area contributed by atoms with E-state index < -0.39 is 23.0 Å². The highest BCUT2D eigenvalue weighted by Gasteiger charge is 2.74. The van der Waals surface area contributed by atoms with Crippen molar-refractivity contribution in [3.8, 4) is 11.8 Å². The SMILES string of the molecule is CC12CCC(CCOc3cc(Cl)ccc3Cl)(O1)C1C(=O)N(c3ccc4ccccc4c3C#N)C(=O)C12. The normalized spacial score (nSPS) is 28.6. The summed E-state index contributed by atoms with van der Waals surface area (Å²) < 4.78 is 12.4. The van der Waals surface area contributed by atoms with Gasteiger partial charge in [-0.2, -0.15) is 5.26 Å². The van der Waals surface area contributed by atoms with Crippen LogP contribution in [0.5, 0.6) is 5.75 Å². The van der Waals surface area contributed by atoms with Crippen molar-refractivity contribution in [2.45, 2.75) is 37.4 Å². The molecule has 6 nitrogen and oxygen atoms in total. The van der Waals surface area contributed by atoms with Crippen LogP contribution in [-0.4, -0.2) is 29.6 Å². The molecular formula is C28H22Cl2N2O4. The predicted molar refractivity (Wildman–Crippen MR) is 136 cm³/mol. The third-order valence-electron chi connectivity index (χ3n) is 7.95. The Kier molecular flexibility index (Phi) is 5.31. The Hall–Kier alpha value is -3.11. The lowest BCUT2D eigenvalue weighted by molar-refractivity contribution is -0.131. The van der Waals surface area contributed by atoms with Gasteiger partial charge in [0.1, 0.15) is 11.8 Å². The van der Waals surface area contributed by atoms with Gasteiger partial charge in [-0.1, -0.05) is 53.5 Å². The molecule has 3 aromatic carbocycles. The van der Waals surface area contributed by atoms with Crippen molar-refractivity contribution in [3.63, 3.8) is 0 Å². The molecule has 0 aliphatic carbocycles. The number of nitrogens with zero attached hydrogens (tertiary/aromatic N) is 2. The van der Waals surface area contributed by atoms with Gasteiger partial charge in [0, 0.05) is 22.9 Å². The summed E-state index contributed by atoms with van der Waals surface area (Å²) in [6, 6.07) is 18.2. The average Bonchev–Trinajstić information content (AvgIpc) is 3.45. The fraction of sp³-hybridized carbons (Fsp3) is 0.321. The number of ether oxygens (including phenoxy) is 2. The molecule has 2 amide bonds. The van der Waals surface area contributed by atoms with Crippen molar-refractivity contribution in [3.05, 3.63) is 70.2 Å². The number of carbonyl (C=O) groups is 2. The van der Waals surface area contributed by atoms with Crippen LogP contribution in [0.4, 0.5) is 5.69 Å². The minimum absolute atomic E-state index is 0.250. The molecule has 3 aromatic rings. The Balaban J connectivity index is 1.33. The van der Waals surface area contributed by atoms with Crippen molar-refractivity contribution in [1.82, 2.24) is 0 Å². The first-order valence-electron chi connectivity index (χ1n) is 11.9. The summed E-state index contributed by atoms with van der Waals surface area (Å²) >= 11 is 12.3. The fourth-order valence-electron chi connectivity index (χ4n) is 6.33. The van der Waals surface area contributed by atoms with Gasteiger partial charge in [0.15, 0.2) is 0 Å². The summed E-state index contributed by atoms with van der Waals surface area (Å²) in [7, 11) is 0.